The highest BCUT2D eigenvalue weighted by molar-refractivity contribution is 6.30. The van der Waals surface area contributed by atoms with Gasteiger partial charge in [-0.2, -0.15) is 0 Å². The Balaban J connectivity index is 1.85. The lowest BCUT2D eigenvalue weighted by atomic mass is 10.2. The van der Waals surface area contributed by atoms with Gasteiger partial charge in [0.05, 0.1) is 12.8 Å². The molecule has 24 heavy (non-hydrogen) atoms. The molecule has 0 unspecified atom stereocenters. The lowest BCUT2D eigenvalue weighted by Gasteiger charge is -2.10. The highest BCUT2D eigenvalue weighted by Crippen LogP contribution is 2.15. The van der Waals surface area contributed by atoms with Gasteiger partial charge in [-0.15, -0.1) is 0 Å². The number of hydrogen-bond acceptors (Lipinski definition) is 4. The Hall–Kier alpha value is -2.53. The van der Waals surface area contributed by atoms with E-state index < -0.39 is 6.10 Å². The van der Waals surface area contributed by atoms with E-state index in [2.05, 4.69) is 10.5 Å². The van der Waals surface area contributed by atoms with E-state index in [1.807, 2.05) is 31.2 Å². The van der Waals surface area contributed by atoms with Crippen molar-refractivity contribution < 1.29 is 14.4 Å². The van der Waals surface area contributed by atoms with Crippen molar-refractivity contribution in [2.75, 3.05) is 11.9 Å². The molecule has 6 heteroatoms. The summed E-state index contributed by atoms with van der Waals surface area (Å²) in [6.07, 6.45) is 0.807. The summed E-state index contributed by atoms with van der Waals surface area (Å²) >= 11 is 5.88. The van der Waals surface area contributed by atoms with Gasteiger partial charge in [-0.1, -0.05) is 22.8 Å². The minimum atomic E-state index is -0.733. The molecule has 2 aromatic carbocycles. The average molecular weight is 347 g/mol. The fraction of sp³-hybridized carbons (Fsp3) is 0.222. The normalized spacial score (nSPS) is 12.0. The smallest absolute Gasteiger partial charge is 0.267 e. The van der Waals surface area contributed by atoms with Gasteiger partial charge in [-0.3, -0.25) is 4.79 Å². The first-order valence-corrected chi connectivity index (χ1v) is 7.94. The van der Waals surface area contributed by atoms with Crippen LogP contribution < -0.4 is 10.1 Å². The molecule has 0 aliphatic carbocycles. The third kappa shape index (κ3) is 5.59. The Morgan fingerprint density at radius 1 is 1.29 bits per heavy atom. The van der Waals surface area contributed by atoms with Gasteiger partial charge in [0.1, 0.15) is 5.75 Å². The molecule has 0 aliphatic rings. The Labute approximate surface area is 146 Å². The van der Waals surface area contributed by atoms with Crippen molar-refractivity contribution in [2.24, 2.45) is 5.16 Å². The van der Waals surface area contributed by atoms with E-state index in [0.29, 0.717) is 17.3 Å². The molecule has 1 N–H and O–H groups in total. The van der Waals surface area contributed by atoms with Crippen molar-refractivity contribution in [3.63, 3.8) is 0 Å². The summed E-state index contributed by atoms with van der Waals surface area (Å²) in [6.45, 7) is 4.17. The number of anilines is 1. The van der Waals surface area contributed by atoms with Crippen LogP contribution in [0.15, 0.2) is 53.7 Å². The van der Waals surface area contributed by atoms with E-state index >= 15 is 0 Å². The fourth-order valence-electron chi connectivity index (χ4n) is 1.86. The van der Waals surface area contributed by atoms with Crippen LogP contribution in [0.2, 0.25) is 5.02 Å². The second-order valence-corrected chi connectivity index (χ2v) is 5.42. The summed E-state index contributed by atoms with van der Waals surface area (Å²) in [6, 6.07) is 14.3. The summed E-state index contributed by atoms with van der Waals surface area (Å²) in [7, 11) is 0. The van der Waals surface area contributed by atoms with Crippen molar-refractivity contribution in [3.05, 3.63) is 59.1 Å². The lowest BCUT2D eigenvalue weighted by molar-refractivity contribution is -0.126. The summed E-state index contributed by atoms with van der Waals surface area (Å²) in [4.78, 5) is 17.2. The lowest BCUT2D eigenvalue weighted by Crippen LogP contribution is -2.26. The van der Waals surface area contributed by atoms with Crippen LogP contribution in [0.25, 0.3) is 0 Å². The van der Waals surface area contributed by atoms with Gasteiger partial charge in [-0.05, 0) is 61.9 Å². The van der Waals surface area contributed by atoms with Gasteiger partial charge < -0.3 is 14.9 Å². The standard InChI is InChI=1S/C18H19ClN2O3/c1-3-23-17-9-7-14(8-10-17)12-20-24-13(2)18(22)21-16-6-4-5-15(19)11-16/h4-13H,3H2,1-2H3,(H,21,22)/b20-12-/t13-/m1/s1. The Morgan fingerprint density at radius 2 is 2.04 bits per heavy atom. The third-order valence-corrected chi connectivity index (χ3v) is 3.31. The number of nitrogens with one attached hydrogen (secondary N) is 1. The number of ether oxygens (including phenoxy) is 1. The molecule has 0 heterocycles. The molecule has 0 aliphatic heterocycles. The molecule has 0 saturated carbocycles. The van der Waals surface area contributed by atoms with Crippen molar-refractivity contribution in [3.8, 4) is 5.75 Å². The van der Waals surface area contributed by atoms with Crippen molar-refractivity contribution >= 4 is 29.4 Å². The monoisotopic (exact) mass is 346 g/mol. The first-order chi connectivity index (χ1) is 11.6. The molecule has 0 saturated heterocycles. The minimum absolute atomic E-state index is 0.305. The van der Waals surface area contributed by atoms with Crippen molar-refractivity contribution in [1.82, 2.24) is 0 Å². The van der Waals surface area contributed by atoms with Crippen LogP contribution in [-0.2, 0) is 9.63 Å². The number of carbonyl (C=O) groups is 1. The maximum atomic E-state index is 12.0. The van der Waals surface area contributed by atoms with E-state index in [1.54, 1.807) is 37.4 Å². The van der Waals surface area contributed by atoms with E-state index in [9.17, 15) is 4.79 Å². The topological polar surface area (TPSA) is 59.9 Å². The van der Waals surface area contributed by atoms with E-state index in [-0.39, 0.29) is 5.91 Å². The molecule has 0 spiro atoms. The average Bonchev–Trinajstić information content (AvgIpc) is 2.56. The van der Waals surface area contributed by atoms with Crippen LogP contribution in [0.3, 0.4) is 0 Å². The van der Waals surface area contributed by atoms with Crippen molar-refractivity contribution in [1.29, 1.82) is 0 Å². The zero-order chi connectivity index (χ0) is 17.4. The highest BCUT2D eigenvalue weighted by atomic mass is 35.5. The molecule has 1 atom stereocenters. The number of oxime groups is 1. The summed E-state index contributed by atoms with van der Waals surface area (Å²) in [5, 5.41) is 7.11. The molecule has 2 aromatic rings. The van der Waals surface area contributed by atoms with Crippen molar-refractivity contribution in [2.45, 2.75) is 20.0 Å². The van der Waals surface area contributed by atoms with Crippen LogP contribution in [0.1, 0.15) is 19.4 Å². The van der Waals surface area contributed by atoms with E-state index in [4.69, 9.17) is 21.2 Å². The number of rotatable bonds is 7. The highest BCUT2D eigenvalue weighted by Gasteiger charge is 2.14. The maximum absolute atomic E-state index is 12.0. The van der Waals surface area contributed by atoms with Crippen LogP contribution in [0.5, 0.6) is 5.75 Å². The maximum Gasteiger partial charge on any atom is 0.267 e. The SMILES string of the molecule is CCOc1ccc(/C=N\O[C@H](C)C(=O)Nc2cccc(Cl)c2)cc1. The van der Waals surface area contributed by atoms with Crippen LogP contribution in [0.4, 0.5) is 5.69 Å². The van der Waals surface area contributed by atoms with Gasteiger partial charge >= 0.3 is 0 Å². The predicted molar refractivity (Wildman–Crippen MR) is 95.8 cm³/mol. The largest absolute Gasteiger partial charge is 0.494 e. The van der Waals surface area contributed by atoms with E-state index in [0.717, 1.165) is 11.3 Å². The zero-order valence-electron chi connectivity index (χ0n) is 13.5. The molecular weight excluding hydrogens is 328 g/mol. The quantitative estimate of drug-likeness (QED) is 0.606. The number of amides is 1. The van der Waals surface area contributed by atoms with Gasteiger partial charge in [-0.25, -0.2) is 0 Å². The minimum Gasteiger partial charge on any atom is -0.494 e. The molecule has 0 bridgehead atoms. The number of benzene rings is 2. The summed E-state index contributed by atoms with van der Waals surface area (Å²) < 4.78 is 5.36. The molecule has 2 rings (SSSR count). The van der Waals surface area contributed by atoms with Gasteiger partial charge in [0.15, 0.2) is 0 Å². The molecular formula is C18H19ClN2O3. The fourth-order valence-corrected chi connectivity index (χ4v) is 2.05. The zero-order valence-corrected chi connectivity index (χ0v) is 14.3. The van der Waals surface area contributed by atoms with E-state index in [1.165, 1.54) is 0 Å². The molecule has 1 amide bonds. The molecule has 0 aromatic heterocycles. The second-order valence-electron chi connectivity index (χ2n) is 4.98. The van der Waals surface area contributed by atoms with Gasteiger partial charge in [0, 0.05) is 10.7 Å². The number of hydrogen-bond donors (Lipinski definition) is 1. The molecule has 126 valence electrons. The third-order valence-electron chi connectivity index (χ3n) is 3.07. The Kier molecular flexibility index (Phi) is 6.63. The Bertz CT molecular complexity index is 702. The number of halogens is 1. The summed E-state index contributed by atoms with van der Waals surface area (Å²) in [5.74, 6) is 0.492. The number of nitrogens with zero attached hydrogens (tertiary/aromatic N) is 1. The Morgan fingerprint density at radius 3 is 2.71 bits per heavy atom. The molecule has 5 nitrogen and oxygen atoms in total. The summed E-state index contributed by atoms with van der Waals surface area (Å²) in [5.41, 5.74) is 1.46. The molecule has 0 radical (unpaired) electrons. The first kappa shape index (κ1) is 17.8. The van der Waals surface area contributed by atoms with Gasteiger partial charge in [0.25, 0.3) is 5.91 Å². The van der Waals surface area contributed by atoms with Crippen LogP contribution in [0, 0.1) is 0 Å². The van der Waals surface area contributed by atoms with Crippen LogP contribution in [-0.4, -0.2) is 24.8 Å². The number of carbonyl (C=O) groups excluding carboxylic acids is 1. The van der Waals surface area contributed by atoms with Gasteiger partial charge in [0.2, 0.25) is 6.10 Å². The first-order valence-electron chi connectivity index (χ1n) is 7.57. The molecule has 0 fully saturated rings. The van der Waals surface area contributed by atoms with Crippen LogP contribution >= 0.6 is 11.6 Å². The second kappa shape index (κ2) is 8.93. The predicted octanol–water partition coefficient (Wildman–Crippen LogP) is 4.12.